The van der Waals surface area contributed by atoms with Gasteiger partial charge in [0.05, 0.1) is 18.0 Å². The van der Waals surface area contributed by atoms with Crippen LogP contribution in [0.15, 0.2) is 35.8 Å². The number of ether oxygens (including phenoxy) is 1. The number of aromatic nitrogens is 3. The second-order valence-corrected chi connectivity index (χ2v) is 6.29. The highest BCUT2D eigenvalue weighted by Crippen LogP contribution is 2.30. The highest BCUT2D eigenvalue weighted by Gasteiger charge is 2.12. The number of hydrogen-bond donors (Lipinski definition) is 0. The Morgan fingerprint density at radius 1 is 1.26 bits per heavy atom. The molecule has 0 amide bonds. The average Bonchev–Trinajstić information content (AvgIpc) is 3.20. The van der Waals surface area contributed by atoms with Gasteiger partial charge in [-0.3, -0.25) is 4.98 Å². The van der Waals surface area contributed by atoms with Crippen LogP contribution in [0, 0.1) is 6.92 Å². The van der Waals surface area contributed by atoms with Gasteiger partial charge >= 0.3 is 0 Å². The largest absolute Gasteiger partial charge is 0.383 e. The van der Waals surface area contributed by atoms with Crippen molar-refractivity contribution >= 4 is 11.3 Å². The summed E-state index contributed by atoms with van der Waals surface area (Å²) in [4.78, 5) is 9.20. The van der Waals surface area contributed by atoms with E-state index in [0.717, 1.165) is 40.6 Å². The maximum absolute atomic E-state index is 5.22. The second kappa shape index (κ2) is 7.06. The van der Waals surface area contributed by atoms with Crippen LogP contribution in [0.25, 0.3) is 22.0 Å². The first kappa shape index (κ1) is 15.9. The van der Waals surface area contributed by atoms with Gasteiger partial charge in [-0.05, 0) is 37.6 Å². The van der Waals surface area contributed by atoms with Gasteiger partial charge in [0, 0.05) is 42.2 Å². The van der Waals surface area contributed by atoms with Gasteiger partial charge in [-0.25, -0.2) is 4.98 Å². The molecule has 23 heavy (non-hydrogen) atoms. The molecule has 120 valence electrons. The molecule has 3 heterocycles. The Hall–Kier alpha value is -1.98. The zero-order valence-corrected chi connectivity index (χ0v) is 14.6. The predicted octanol–water partition coefficient (Wildman–Crippen LogP) is 4.19. The summed E-state index contributed by atoms with van der Waals surface area (Å²) in [7, 11) is 1.73. The van der Waals surface area contributed by atoms with E-state index in [1.807, 2.05) is 12.3 Å². The molecule has 0 spiro atoms. The van der Waals surface area contributed by atoms with Gasteiger partial charge in [-0.15, -0.1) is 11.3 Å². The minimum Gasteiger partial charge on any atom is -0.383 e. The van der Waals surface area contributed by atoms with Crippen molar-refractivity contribution < 1.29 is 4.74 Å². The minimum absolute atomic E-state index is 0.698. The van der Waals surface area contributed by atoms with Crippen molar-refractivity contribution in [2.75, 3.05) is 13.7 Å². The summed E-state index contributed by atoms with van der Waals surface area (Å²) >= 11 is 1.68. The van der Waals surface area contributed by atoms with Crippen LogP contribution in [-0.4, -0.2) is 28.3 Å². The van der Waals surface area contributed by atoms with Crippen molar-refractivity contribution in [1.29, 1.82) is 0 Å². The van der Waals surface area contributed by atoms with Gasteiger partial charge in [0.2, 0.25) is 0 Å². The van der Waals surface area contributed by atoms with Crippen molar-refractivity contribution in [3.05, 3.63) is 47.2 Å². The maximum atomic E-state index is 5.22. The van der Waals surface area contributed by atoms with Crippen molar-refractivity contribution in [3.8, 4) is 22.0 Å². The van der Waals surface area contributed by atoms with Crippen LogP contribution < -0.4 is 0 Å². The highest BCUT2D eigenvalue weighted by molar-refractivity contribution is 7.13. The maximum Gasteiger partial charge on any atom is 0.124 e. The molecular formula is C18H21N3OS. The highest BCUT2D eigenvalue weighted by atomic mass is 32.1. The fourth-order valence-electron chi connectivity index (χ4n) is 2.60. The molecule has 3 aromatic heterocycles. The van der Waals surface area contributed by atoms with Gasteiger partial charge in [0.25, 0.3) is 0 Å². The SMILES string of the molecule is CCc1cc(-c2nc(-c3ccc(C)n3CCOC)cs2)ccn1. The molecule has 0 saturated heterocycles. The molecule has 5 heteroatoms. The van der Waals surface area contributed by atoms with E-state index in [2.05, 4.69) is 47.0 Å². The molecule has 0 fully saturated rings. The number of aryl methyl sites for hydroxylation is 2. The standard InChI is InChI=1S/C18H21N3OS/c1-4-15-11-14(7-8-19-15)18-20-16(12-23-18)17-6-5-13(2)21(17)9-10-22-3/h5-8,11-12H,4,9-10H2,1-3H3. The molecule has 0 aliphatic rings. The number of rotatable bonds is 6. The molecule has 3 rings (SSSR count). The molecular weight excluding hydrogens is 306 g/mol. The number of methoxy groups -OCH3 is 1. The van der Waals surface area contributed by atoms with Crippen molar-refractivity contribution in [2.45, 2.75) is 26.8 Å². The fraction of sp³-hybridized carbons (Fsp3) is 0.333. The van der Waals surface area contributed by atoms with Gasteiger partial charge < -0.3 is 9.30 Å². The van der Waals surface area contributed by atoms with E-state index in [1.165, 1.54) is 5.69 Å². The molecule has 0 unspecified atom stereocenters. The molecule has 0 aromatic carbocycles. The first-order valence-corrected chi connectivity index (χ1v) is 8.67. The molecule has 0 N–H and O–H groups in total. The van der Waals surface area contributed by atoms with Crippen LogP contribution >= 0.6 is 11.3 Å². The van der Waals surface area contributed by atoms with Crippen LogP contribution in [0.3, 0.4) is 0 Å². The summed E-state index contributed by atoms with van der Waals surface area (Å²) in [6.07, 6.45) is 2.80. The molecule has 0 atom stereocenters. The van der Waals surface area contributed by atoms with E-state index in [0.29, 0.717) is 6.61 Å². The summed E-state index contributed by atoms with van der Waals surface area (Å²) in [6.45, 7) is 5.77. The van der Waals surface area contributed by atoms with Crippen molar-refractivity contribution in [2.24, 2.45) is 0 Å². The topological polar surface area (TPSA) is 39.9 Å². The lowest BCUT2D eigenvalue weighted by molar-refractivity contribution is 0.187. The first-order valence-electron chi connectivity index (χ1n) is 7.79. The number of thiazole rings is 1. The molecule has 0 radical (unpaired) electrons. The monoisotopic (exact) mass is 327 g/mol. The molecule has 0 saturated carbocycles. The molecule has 0 bridgehead atoms. The van der Waals surface area contributed by atoms with Gasteiger partial charge in [-0.1, -0.05) is 6.92 Å². The zero-order valence-electron chi connectivity index (χ0n) is 13.7. The molecule has 0 aliphatic carbocycles. The summed E-state index contributed by atoms with van der Waals surface area (Å²) < 4.78 is 7.47. The Labute approximate surface area is 140 Å². The lowest BCUT2D eigenvalue weighted by atomic mass is 10.2. The van der Waals surface area contributed by atoms with Gasteiger partial charge in [-0.2, -0.15) is 0 Å². The summed E-state index contributed by atoms with van der Waals surface area (Å²) in [5.74, 6) is 0. The first-order chi connectivity index (χ1) is 11.2. The van der Waals surface area contributed by atoms with Crippen molar-refractivity contribution in [3.63, 3.8) is 0 Å². The van der Waals surface area contributed by atoms with Crippen LogP contribution in [-0.2, 0) is 17.7 Å². The van der Waals surface area contributed by atoms with Gasteiger partial charge in [0.15, 0.2) is 0 Å². The van der Waals surface area contributed by atoms with Crippen LogP contribution in [0.1, 0.15) is 18.3 Å². The zero-order chi connectivity index (χ0) is 16.2. The van der Waals surface area contributed by atoms with E-state index in [1.54, 1.807) is 18.4 Å². The minimum atomic E-state index is 0.698. The molecule has 3 aromatic rings. The Balaban J connectivity index is 1.93. The summed E-state index contributed by atoms with van der Waals surface area (Å²) in [5.41, 5.74) is 5.62. The Kier molecular flexibility index (Phi) is 4.88. The quantitative estimate of drug-likeness (QED) is 0.681. The normalized spacial score (nSPS) is 11.1. The van der Waals surface area contributed by atoms with E-state index in [9.17, 15) is 0 Å². The smallest absolute Gasteiger partial charge is 0.124 e. The Bertz CT molecular complexity index is 791. The van der Waals surface area contributed by atoms with Crippen LogP contribution in [0.4, 0.5) is 0 Å². The third-order valence-electron chi connectivity index (χ3n) is 3.91. The van der Waals surface area contributed by atoms with Crippen LogP contribution in [0.2, 0.25) is 0 Å². The summed E-state index contributed by atoms with van der Waals surface area (Å²) in [6, 6.07) is 8.41. The summed E-state index contributed by atoms with van der Waals surface area (Å²) in [5, 5.41) is 3.16. The van der Waals surface area contributed by atoms with E-state index in [-0.39, 0.29) is 0 Å². The second-order valence-electron chi connectivity index (χ2n) is 5.43. The number of pyridine rings is 1. The van der Waals surface area contributed by atoms with E-state index in [4.69, 9.17) is 9.72 Å². The predicted molar refractivity (Wildman–Crippen MR) is 94.8 cm³/mol. The fourth-order valence-corrected chi connectivity index (χ4v) is 3.41. The van der Waals surface area contributed by atoms with Gasteiger partial charge in [0.1, 0.15) is 5.01 Å². The number of nitrogens with zero attached hydrogens (tertiary/aromatic N) is 3. The number of hydrogen-bond acceptors (Lipinski definition) is 4. The molecule has 0 aliphatic heterocycles. The Morgan fingerprint density at radius 3 is 2.91 bits per heavy atom. The van der Waals surface area contributed by atoms with E-state index >= 15 is 0 Å². The van der Waals surface area contributed by atoms with E-state index < -0.39 is 0 Å². The van der Waals surface area contributed by atoms with Crippen molar-refractivity contribution in [1.82, 2.24) is 14.5 Å². The average molecular weight is 327 g/mol. The third-order valence-corrected chi connectivity index (χ3v) is 4.80. The van der Waals surface area contributed by atoms with Crippen LogP contribution in [0.5, 0.6) is 0 Å². The third kappa shape index (κ3) is 3.35. The lowest BCUT2D eigenvalue weighted by Gasteiger charge is -2.09. The molecule has 4 nitrogen and oxygen atoms in total. The Morgan fingerprint density at radius 2 is 2.13 bits per heavy atom. The lowest BCUT2D eigenvalue weighted by Crippen LogP contribution is -2.07.